The molecule has 0 aromatic carbocycles. The van der Waals surface area contributed by atoms with Gasteiger partial charge in [-0.1, -0.05) is 13.3 Å². The van der Waals surface area contributed by atoms with E-state index < -0.39 is 0 Å². The Bertz CT molecular complexity index is 1090. The van der Waals surface area contributed by atoms with Crippen molar-refractivity contribution in [3.05, 3.63) is 40.5 Å². The molecule has 26 heavy (non-hydrogen) atoms. The lowest BCUT2D eigenvalue weighted by Crippen LogP contribution is -2.11. The van der Waals surface area contributed by atoms with Crippen molar-refractivity contribution < 1.29 is 0 Å². The average Bonchev–Trinajstić information content (AvgIpc) is 3.34. The van der Waals surface area contributed by atoms with Gasteiger partial charge in [0, 0.05) is 24.0 Å². The molecular weight excluding hydrogens is 344 g/mol. The van der Waals surface area contributed by atoms with E-state index in [4.69, 9.17) is 4.98 Å². The quantitative estimate of drug-likeness (QED) is 0.554. The van der Waals surface area contributed by atoms with Crippen LogP contribution in [0.25, 0.3) is 15.9 Å². The minimum absolute atomic E-state index is 0.772. The van der Waals surface area contributed by atoms with Gasteiger partial charge >= 0.3 is 0 Å². The first-order valence-electron chi connectivity index (χ1n) is 9.36. The first-order chi connectivity index (χ1) is 12.7. The lowest BCUT2D eigenvalue weighted by atomic mass is 9.86. The summed E-state index contributed by atoms with van der Waals surface area (Å²) in [5.41, 5.74) is 3.47. The van der Waals surface area contributed by atoms with Crippen LogP contribution >= 0.6 is 11.3 Å². The van der Waals surface area contributed by atoms with E-state index in [9.17, 15) is 0 Å². The number of hydrogen-bond donors (Lipinski definition) is 0. The van der Waals surface area contributed by atoms with Crippen LogP contribution in [0.1, 0.15) is 41.7 Å². The molecule has 134 valence electrons. The monoisotopic (exact) mass is 366 g/mol. The maximum atomic E-state index is 4.86. The van der Waals surface area contributed by atoms with Gasteiger partial charge in [0.15, 0.2) is 11.5 Å². The minimum atomic E-state index is 0.772. The van der Waals surface area contributed by atoms with E-state index >= 15 is 0 Å². The second-order valence-electron chi connectivity index (χ2n) is 7.21. The van der Waals surface area contributed by atoms with E-state index in [1.54, 1.807) is 0 Å². The average molecular weight is 366 g/mol. The van der Waals surface area contributed by atoms with Gasteiger partial charge in [-0.3, -0.25) is 4.68 Å². The second-order valence-corrected chi connectivity index (χ2v) is 8.30. The second kappa shape index (κ2) is 6.16. The largest absolute Gasteiger partial charge is 0.272 e. The van der Waals surface area contributed by atoms with E-state index in [1.807, 2.05) is 46.0 Å². The maximum Gasteiger partial charge on any atom is 0.167 e. The number of aromatic nitrogens is 6. The third kappa shape index (κ3) is 2.61. The van der Waals surface area contributed by atoms with Gasteiger partial charge in [0.2, 0.25) is 0 Å². The molecule has 0 fully saturated rings. The SMILES string of the molecule is CC[C@@H]1CCc2c(sc3ncn4nc(CCn5ccc(C)n5)nc4c23)C1. The summed E-state index contributed by atoms with van der Waals surface area (Å²) in [7, 11) is 0. The van der Waals surface area contributed by atoms with Gasteiger partial charge in [0.05, 0.1) is 11.1 Å². The summed E-state index contributed by atoms with van der Waals surface area (Å²) in [6.45, 7) is 5.09. The number of fused-ring (bicyclic) bond motifs is 5. The molecular formula is C19H22N6S. The molecule has 0 spiro atoms. The zero-order valence-corrected chi connectivity index (χ0v) is 16.0. The van der Waals surface area contributed by atoms with E-state index in [0.717, 1.165) is 47.3 Å². The lowest BCUT2D eigenvalue weighted by Gasteiger charge is -2.20. The Hall–Kier alpha value is -2.28. The molecule has 0 bridgehead atoms. The van der Waals surface area contributed by atoms with Crippen molar-refractivity contribution in [1.29, 1.82) is 0 Å². The molecule has 0 radical (unpaired) electrons. The Balaban J connectivity index is 1.51. The Morgan fingerprint density at radius 2 is 2.23 bits per heavy atom. The first kappa shape index (κ1) is 15.9. The van der Waals surface area contributed by atoms with Crippen LogP contribution in [-0.2, 0) is 25.8 Å². The number of nitrogens with zero attached hydrogens (tertiary/aromatic N) is 6. The van der Waals surface area contributed by atoms with Crippen molar-refractivity contribution >= 4 is 27.2 Å². The summed E-state index contributed by atoms with van der Waals surface area (Å²) in [5.74, 6) is 1.67. The number of thiophene rings is 1. The third-order valence-corrected chi connectivity index (χ3v) is 6.61. The van der Waals surface area contributed by atoms with Crippen LogP contribution in [0.4, 0.5) is 0 Å². The van der Waals surface area contributed by atoms with Crippen LogP contribution in [0.2, 0.25) is 0 Å². The molecule has 4 aromatic rings. The number of hydrogen-bond acceptors (Lipinski definition) is 5. The van der Waals surface area contributed by atoms with E-state index in [2.05, 4.69) is 22.1 Å². The highest BCUT2D eigenvalue weighted by atomic mass is 32.1. The zero-order chi connectivity index (χ0) is 17.7. The summed E-state index contributed by atoms with van der Waals surface area (Å²) in [5, 5.41) is 10.3. The fourth-order valence-electron chi connectivity index (χ4n) is 3.94. The first-order valence-corrected chi connectivity index (χ1v) is 10.2. The van der Waals surface area contributed by atoms with E-state index in [1.165, 1.54) is 35.1 Å². The highest BCUT2D eigenvalue weighted by molar-refractivity contribution is 7.19. The summed E-state index contributed by atoms with van der Waals surface area (Å²) in [6, 6.07) is 2.02. The van der Waals surface area contributed by atoms with Crippen molar-refractivity contribution in [2.45, 2.75) is 52.5 Å². The lowest BCUT2D eigenvalue weighted by molar-refractivity contribution is 0.451. The topological polar surface area (TPSA) is 60.9 Å². The minimum Gasteiger partial charge on any atom is -0.272 e. The molecule has 0 saturated heterocycles. The smallest absolute Gasteiger partial charge is 0.167 e. The van der Waals surface area contributed by atoms with Crippen LogP contribution < -0.4 is 0 Å². The molecule has 0 unspecified atom stereocenters. The van der Waals surface area contributed by atoms with Crippen molar-refractivity contribution in [2.24, 2.45) is 5.92 Å². The Morgan fingerprint density at radius 3 is 3.04 bits per heavy atom. The van der Waals surface area contributed by atoms with Crippen molar-refractivity contribution in [3.8, 4) is 0 Å². The standard InChI is InChI=1S/C19H22N6S/c1-3-13-4-5-14-15(10-13)26-19-17(14)18-21-16(23-25(18)11-20-19)7-9-24-8-6-12(2)22-24/h6,8,11,13H,3-5,7,9-10H2,1-2H3/t13-/m1/s1. The highest BCUT2D eigenvalue weighted by Crippen LogP contribution is 2.39. The van der Waals surface area contributed by atoms with E-state index in [-0.39, 0.29) is 0 Å². The fourth-order valence-corrected chi connectivity index (χ4v) is 5.24. The van der Waals surface area contributed by atoms with Crippen LogP contribution in [0.15, 0.2) is 18.6 Å². The van der Waals surface area contributed by atoms with Crippen molar-refractivity contribution in [3.63, 3.8) is 0 Å². The molecule has 0 aliphatic heterocycles. The van der Waals surface area contributed by atoms with Crippen molar-refractivity contribution in [2.75, 3.05) is 0 Å². The molecule has 0 N–H and O–H groups in total. The zero-order valence-electron chi connectivity index (χ0n) is 15.1. The van der Waals surface area contributed by atoms with Gasteiger partial charge in [0.25, 0.3) is 0 Å². The summed E-state index contributed by atoms with van der Waals surface area (Å²) in [4.78, 5) is 12.1. The van der Waals surface area contributed by atoms with Crippen molar-refractivity contribution in [1.82, 2.24) is 29.4 Å². The predicted octanol–water partition coefficient (Wildman–Crippen LogP) is 3.60. The van der Waals surface area contributed by atoms with Crippen LogP contribution in [0.5, 0.6) is 0 Å². The predicted molar refractivity (Wildman–Crippen MR) is 103 cm³/mol. The Labute approximate surface area is 155 Å². The third-order valence-electron chi connectivity index (χ3n) is 5.45. The highest BCUT2D eigenvalue weighted by Gasteiger charge is 2.24. The molecule has 6 nitrogen and oxygen atoms in total. The summed E-state index contributed by atoms with van der Waals surface area (Å²) in [6.07, 6.45) is 9.46. The maximum absolute atomic E-state index is 4.86. The Morgan fingerprint density at radius 1 is 1.31 bits per heavy atom. The molecule has 1 aliphatic carbocycles. The molecule has 1 aliphatic rings. The molecule has 7 heteroatoms. The molecule has 5 rings (SSSR count). The summed E-state index contributed by atoms with van der Waals surface area (Å²) < 4.78 is 3.80. The molecule has 4 aromatic heterocycles. The normalized spacial score (nSPS) is 17.2. The summed E-state index contributed by atoms with van der Waals surface area (Å²) >= 11 is 1.85. The number of rotatable bonds is 4. The fraction of sp³-hybridized carbons (Fsp3) is 0.474. The van der Waals surface area contributed by atoms with Gasteiger partial charge in [-0.25, -0.2) is 14.5 Å². The van der Waals surface area contributed by atoms with Crippen LogP contribution in [0.3, 0.4) is 0 Å². The molecule has 1 atom stereocenters. The van der Waals surface area contributed by atoms with E-state index in [0.29, 0.717) is 0 Å². The van der Waals surface area contributed by atoms with Gasteiger partial charge < -0.3 is 0 Å². The van der Waals surface area contributed by atoms with Gasteiger partial charge in [-0.2, -0.15) is 5.10 Å². The van der Waals surface area contributed by atoms with Gasteiger partial charge in [-0.05, 0) is 43.7 Å². The molecule has 0 saturated carbocycles. The molecule has 4 heterocycles. The Kier molecular flexibility index (Phi) is 3.77. The van der Waals surface area contributed by atoms with Gasteiger partial charge in [0.1, 0.15) is 11.2 Å². The van der Waals surface area contributed by atoms with Crippen LogP contribution in [-0.4, -0.2) is 29.4 Å². The number of aryl methyl sites for hydroxylation is 4. The van der Waals surface area contributed by atoms with Crippen LogP contribution in [0, 0.1) is 12.8 Å². The van der Waals surface area contributed by atoms with Gasteiger partial charge in [-0.15, -0.1) is 16.4 Å². The molecule has 0 amide bonds.